The molecule has 0 N–H and O–H groups in total. The Bertz CT molecular complexity index is 1110. The molecule has 2 aromatic carbocycles. The van der Waals surface area contributed by atoms with Crippen LogP contribution in [0, 0.1) is 0 Å². The quantitative estimate of drug-likeness (QED) is 0.389. The molecule has 0 radical (unpaired) electrons. The van der Waals surface area contributed by atoms with Crippen molar-refractivity contribution in [1.82, 2.24) is 4.90 Å². The number of benzene rings is 2. The number of carbonyl (C=O) groups is 3. The predicted molar refractivity (Wildman–Crippen MR) is 124 cm³/mol. The maximum absolute atomic E-state index is 13.5. The molecule has 0 aliphatic carbocycles. The number of thiocarbonyl (C=S) groups is 1. The third kappa shape index (κ3) is 3.66. The number of anilines is 1. The summed E-state index contributed by atoms with van der Waals surface area (Å²) < 4.78 is 5.60. The molecule has 8 heteroatoms. The maximum Gasteiger partial charge on any atom is 0.333 e. The minimum Gasteiger partial charge on any atom is -0.464 e. The number of para-hydroxylation sites is 1. The highest BCUT2D eigenvalue weighted by atomic mass is 32.2. The van der Waals surface area contributed by atoms with Crippen molar-refractivity contribution in [3.63, 3.8) is 0 Å². The number of hydrogen-bond acceptors (Lipinski definition) is 6. The summed E-state index contributed by atoms with van der Waals surface area (Å²) in [4.78, 5) is 42.5. The van der Waals surface area contributed by atoms with E-state index in [2.05, 4.69) is 0 Å². The van der Waals surface area contributed by atoms with Crippen molar-refractivity contribution in [2.45, 2.75) is 19.4 Å². The van der Waals surface area contributed by atoms with E-state index in [-0.39, 0.29) is 21.7 Å². The van der Waals surface area contributed by atoms with Crippen molar-refractivity contribution in [2.75, 3.05) is 18.6 Å². The summed E-state index contributed by atoms with van der Waals surface area (Å²) in [5.74, 6) is -1.29. The van der Waals surface area contributed by atoms with E-state index in [0.29, 0.717) is 23.1 Å². The second kappa shape index (κ2) is 8.64. The average molecular weight is 453 g/mol. The number of amides is 2. The fourth-order valence-corrected chi connectivity index (χ4v) is 5.03. The van der Waals surface area contributed by atoms with Gasteiger partial charge in [0.1, 0.15) is 4.32 Å². The van der Waals surface area contributed by atoms with Crippen molar-refractivity contribution < 1.29 is 19.1 Å². The van der Waals surface area contributed by atoms with Gasteiger partial charge in [-0.1, -0.05) is 79.4 Å². The molecule has 4 rings (SSSR count). The minimum atomic E-state index is -1.01. The number of rotatable bonds is 5. The van der Waals surface area contributed by atoms with Gasteiger partial charge in [-0.25, -0.2) is 4.79 Å². The van der Waals surface area contributed by atoms with Crippen LogP contribution in [-0.2, 0) is 19.1 Å². The van der Waals surface area contributed by atoms with Gasteiger partial charge in [-0.3, -0.25) is 14.5 Å². The van der Waals surface area contributed by atoms with Gasteiger partial charge >= 0.3 is 5.97 Å². The van der Waals surface area contributed by atoms with Crippen LogP contribution in [0.1, 0.15) is 30.5 Å². The van der Waals surface area contributed by atoms with Crippen molar-refractivity contribution in [2.24, 2.45) is 0 Å². The topological polar surface area (TPSA) is 66.9 Å². The van der Waals surface area contributed by atoms with E-state index in [9.17, 15) is 14.4 Å². The highest BCUT2D eigenvalue weighted by molar-refractivity contribution is 8.26. The minimum absolute atomic E-state index is 0.217. The molecular weight excluding hydrogens is 432 g/mol. The number of hydrogen-bond donors (Lipinski definition) is 0. The Morgan fingerprint density at radius 1 is 1.06 bits per heavy atom. The van der Waals surface area contributed by atoms with Gasteiger partial charge in [0.2, 0.25) is 0 Å². The Hall–Kier alpha value is -2.97. The normalized spacial score (nSPS) is 19.1. The van der Waals surface area contributed by atoms with Gasteiger partial charge in [0.25, 0.3) is 11.8 Å². The van der Waals surface area contributed by atoms with Crippen LogP contribution in [0.25, 0.3) is 5.57 Å². The van der Waals surface area contributed by atoms with E-state index in [4.69, 9.17) is 17.0 Å². The summed E-state index contributed by atoms with van der Waals surface area (Å²) in [6.07, 6.45) is 0.660. The highest BCUT2D eigenvalue weighted by Gasteiger charge is 2.46. The van der Waals surface area contributed by atoms with Gasteiger partial charge in [0.15, 0.2) is 6.04 Å². The van der Waals surface area contributed by atoms with E-state index in [1.807, 2.05) is 37.3 Å². The van der Waals surface area contributed by atoms with E-state index in [1.165, 1.54) is 9.80 Å². The van der Waals surface area contributed by atoms with Crippen LogP contribution >= 0.6 is 24.0 Å². The molecule has 0 aromatic heterocycles. The van der Waals surface area contributed by atoms with Crippen LogP contribution in [0.4, 0.5) is 5.69 Å². The molecule has 6 nitrogen and oxygen atoms in total. The molecule has 1 atom stereocenters. The van der Waals surface area contributed by atoms with Crippen molar-refractivity contribution >= 4 is 57.3 Å². The average Bonchev–Trinajstić information content (AvgIpc) is 3.20. The Kier molecular flexibility index (Phi) is 5.93. The summed E-state index contributed by atoms with van der Waals surface area (Å²) in [5.41, 5.74) is 2.32. The molecule has 1 saturated heterocycles. The number of likely N-dealkylation sites (N-methyl/N-ethyl adjacent to an activating group) is 1. The van der Waals surface area contributed by atoms with Gasteiger partial charge < -0.3 is 9.64 Å². The third-order valence-electron chi connectivity index (χ3n) is 5.12. The van der Waals surface area contributed by atoms with Crippen molar-refractivity contribution in [3.05, 3.63) is 70.6 Å². The number of esters is 1. The summed E-state index contributed by atoms with van der Waals surface area (Å²) in [7, 11) is 1.67. The van der Waals surface area contributed by atoms with Crippen molar-refractivity contribution in [3.8, 4) is 0 Å². The molecule has 0 spiro atoms. The molecule has 1 unspecified atom stereocenters. The van der Waals surface area contributed by atoms with E-state index in [1.54, 1.807) is 31.3 Å². The van der Waals surface area contributed by atoms with E-state index < -0.39 is 17.9 Å². The first-order valence-corrected chi connectivity index (χ1v) is 11.1. The molecule has 2 heterocycles. The lowest BCUT2D eigenvalue weighted by molar-refractivity contribution is -0.151. The molecule has 1 fully saturated rings. The fourth-order valence-electron chi connectivity index (χ4n) is 3.65. The van der Waals surface area contributed by atoms with Crippen LogP contribution in [0.2, 0.25) is 0 Å². The molecule has 2 aromatic rings. The zero-order valence-electron chi connectivity index (χ0n) is 17.0. The van der Waals surface area contributed by atoms with E-state index in [0.717, 1.165) is 17.4 Å². The number of nitrogens with zero attached hydrogens (tertiary/aromatic N) is 2. The first-order valence-electron chi connectivity index (χ1n) is 9.84. The van der Waals surface area contributed by atoms with Crippen LogP contribution in [-0.4, -0.2) is 40.7 Å². The SMILES string of the molecule is CCCOC(=O)C(c1ccccc1)N1C(=O)/C(=C2/C(=O)N(C)c3ccccc32)SC1=S. The van der Waals surface area contributed by atoms with Gasteiger partial charge in [-0.2, -0.15) is 0 Å². The maximum atomic E-state index is 13.5. The van der Waals surface area contributed by atoms with Gasteiger partial charge in [0, 0.05) is 12.6 Å². The van der Waals surface area contributed by atoms with Crippen LogP contribution in [0.15, 0.2) is 59.5 Å². The highest BCUT2D eigenvalue weighted by Crippen LogP contribution is 2.46. The number of fused-ring (bicyclic) bond motifs is 1. The summed E-state index contributed by atoms with van der Waals surface area (Å²) >= 11 is 6.55. The Morgan fingerprint density at radius 2 is 1.74 bits per heavy atom. The number of carbonyl (C=O) groups excluding carboxylic acids is 3. The fraction of sp³-hybridized carbons (Fsp3) is 0.217. The van der Waals surface area contributed by atoms with Gasteiger partial charge in [0.05, 0.1) is 22.8 Å². The second-order valence-electron chi connectivity index (χ2n) is 7.11. The molecule has 0 bridgehead atoms. The van der Waals surface area contributed by atoms with Crippen LogP contribution < -0.4 is 4.90 Å². The summed E-state index contributed by atoms with van der Waals surface area (Å²) in [5, 5.41) is 0. The lowest BCUT2D eigenvalue weighted by Gasteiger charge is -2.25. The Labute approximate surface area is 189 Å². The van der Waals surface area contributed by atoms with Gasteiger partial charge in [-0.15, -0.1) is 0 Å². The molecule has 31 heavy (non-hydrogen) atoms. The largest absolute Gasteiger partial charge is 0.464 e. The molecule has 158 valence electrons. The molecule has 0 saturated carbocycles. The molecule has 2 amide bonds. The standard InChI is InChI=1S/C23H20N2O4S2/c1-3-13-29-22(28)18(14-9-5-4-6-10-14)25-21(27)19(31-23(25)30)17-15-11-7-8-12-16(15)24(2)20(17)26/h4-12,18H,3,13H2,1-2H3/b19-17-. The van der Waals surface area contributed by atoms with Crippen molar-refractivity contribution in [1.29, 1.82) is 0 Å². The van der Waals surface area contributed by atoms with E-state index >= 15 is 0 Å². The van der Waals surface area contributed by atoms with Gasteiger partial charge in [-0.05, 0) is 18.1 Å². The molecule has 2 aliphatic rings. The Balaban J connectivity index is 1.79. The summed E-state index contributed by atoms with van der Waals surface area (Å²) in [6, 6.07) is 15.2. The van der Waals surface area contributed by atoms with Crippen LogP contribution in [0.3, 0.4) is 0 Å². The Morgan fingerprint density at radius 3 is 2.45 bits per heavy atom. The zero-order valence-corrected chi connectivity index (χ0v) is 18.7. The summed E-state index contributed by atoms with van der Waals surface area (Å²) in [6.45, 7) is 2.14. The smallest absolute Gasteiger partial charge is 0.333 e. The van der Waals surface area contributed by atoms with Crippen LogP contribution in [0.5, 0.6) is 0 Å². The molecular formula is C23H20N2O4S2. The first-order chi connectivity index (χ1) is 15.0. The lowest BCUT2D eigenvalue weighted by atomic mass is 10.0. The predicted octanol–water partition coefficient (Wildman–Crippen LogP) is 3.93. The second-order valence-corrected chi connectivity index (χ2v) is 8.75. The lowest BCUT2D eigenvalue weighted by Crippen LogP contribution is -2.38. The third-order valence-corrected chi connectivity index (χ3v) is 6.53. The monoisotopic (exact) mass is 452 g/mol. The first kappa shape index (κ1) is 21.3. The zero-order chi connectivity index (χ0) is 22.1. The molecule has 2 aliphatic heterocycles. The number of ether oxygens (including phenoxy) is 1. The number of thioether (sulfide) groups is 1.